The number of benzene rings is 1. The summed E-state index contributed by atoms with van der Waals surface area (Å²) in [5.74, 6) is -1.40. The van der Waals surface area contributed by atoms with E-state index < -0.39 is 17.5 Å². The van der Waals surface area contributed by atoms with E-state index in [1.165, 1.54) is 6.07 Å². The fraction of sp³-hybridized carbons (Fsp3) is 0.500. The summed E-state index contributed by atoms with van der Waals surface area (Å²) in [7, 11) is 0. The van der Waals surface area contributed by atoms with Gasteiger partial charge >= 0.3 is 0 Å². The average molecular weight is 305 g/mol. The van der Waals surface area contributed by atoms with Crippen LogP contribution in [0.15, 0.2) is 18.2 Å². The average Bonchev–Trinajstić information content (AvgIpc) is 2.37. The van der Waals surface area contributed by atoms with E-state index in [4.69, 9.17) is 5.73 Å². The number of amides is 1. The van der Waals surface area contributed by atoms with Crippen molar-refractivity contribution < 1.29 is 13.6 Å². The number of likely N-dealkylation sites (tertiary alicyclic amines) is 1. The lowest BCUT2D eigenvalue weighted by Crippen LogP contribution is -2.49. The van der Waals surface area contributed by atoms with Crippen molar-refractivity contribution in [2.75, 3.05) is 13.1 Å². The molecule has 2 rings (SSSR count). The van der Waals surface area contributed by atoms with Gasteiger partial charge in [-0.2, -0.15) is 0 Å². The molecule has 1 amide bonds. The number of piperidine rings is 1. The second-order valence-electron chi connectivity index (χ2n) is 5.14. The summed E-state index contributed by atoms with van der Waals surface area (Å²) >= 11 is 0. The molecule has 0 radical (unpaired) electrons. The normalized spacial score (nSPS) is 22.3. The third-order valence-electron chi connectivity index (χ3n) is 3.67. The lowest BCUT2D eigenvalue weighted by atomic mass is 9.92. The van der Waals surface area contributed by atoms with Crippen LogP contribution in [0.3, 0.4) is 0 Å². The van der Waals surface area contributed by atoms with Gasteiger partial charge in [0.2, 0.25) is 0 Å². The number of hydrogen-bond acceptors (Lipinski definition) is 2. The van der Waals surface area contributed by atoms with Crippen molar-refractivity contribution in [3.8, 4) is 0 Å². The molecule has 1 aromatic carbocycles. The number of halogens is 3. The van der Waals surface area contributed by atoms with Gasteiger partial charge in [0.15, 0.2) is 0 Å². The molecule has 0 spiro atoms. The largest absolute Gasteiger partial charge is 0.334 e. The lowest BCUT2D eigenvalue weighted by molar-refractivity contribution is 0.0569. The Balaban J connectivity index is 0.00000200. The molecule has 6 heteroatoms. The van der Waals surface area contributed by atoms with Crippen LogP contribution in [-0.2, 0) is 0 Å². The topological polar surface area (TPSA) is 46.3 Å². The zero-order chi connectivity index (χ0) is 14.0. The van der Waals surface area contributed by atoms with Gasteiger partial charge in [-0.15, -0.1) is 12.4 Å². The molecule has 0 aliphatic carbocycles. The molecule has 20 heavy (non-hydrogen) atoms. The summed E-state index contributed by atoms with van der Waals surface area (Å²) in [6, 6.07) is 2.96. The SMILES string of the molecule is CC1CCN(C(=O)c2ccc(F)cc2F)C(CN)C1.Cl. The van der Waals surface area contributed by atoms with Crippen LogP contribution in [0.25, 0.3) is 0 Å². The Hall–Kier alpha value is -1.20. The Morgan fingerprint density at radius 1 is 1.45 bits per heavy atom. The summed E-state index contributed by atoms with van der Waals surface area (Å²) in [4.78, 5) is 13.9. The van der Waals surface area contributed by atoms with Crippen LogP contribution < -0.4 is 5.73 Å². The first-order valence-corrected chi connectivity index (χ1v) is 6.49. The molecule has 3 nitrogen and oxygen atoms in total. The number of hydrogen-bond donors (Lipinski definition) is 1. The van der Waals surface area contributed by atoms with Gasteiger partial charge in [-0.05, 0) is 30.9 Å². The number of rotatable bonds is 2. The molecule has 0 saturated carbocycles. The molecule has 1 saturated heterocycles. The predicted octanol–water partition coefficient (Wildman–Crippen LogP) is 2.59. The standard InChI is InChI=1S/C14H18F2N2O.ClH/c1-9-4-5-18(11(6-9)8-17)14(19)12-3-2-10(15)7-13(12)16;/h2-3,7,9,11H,4-6,8,17H2,1H3;1H. The lowest BCUT2D eigenvalue weighted by Gasteiger charge is -2.38. The Morgan fingerprint density at radius 2 is 2.15 bits per heavy atom. The summed E-state index contributed by atoms with van der Waals surface area (Å²) in [5.41, 5.74) is 5.60. The molecular formula is C14H19ClF2N2O. The molecule has 112 valence electrons. The Morgan fingerprint density at radius 3 is 2.75 bits per heavy atom. The van der Waals surface area contributed by atoms with Crippen molar-refractivity contribution in [2.45, 2.75) is 25.8 Å². The number of carbonyl (C=O) groups excluding carboxylic acids is 1. The van der Waals surface area contributed by atoms with Crippen LogP contribution in [0.4, 0.5) is 8.78 Å². The van der Waals surface area contributed by atoms with E-state index in [-0.39, 0.29) is 24.0 Å². The molecule has 1 aromatic rings. The molecule has 1 aliphatic rings. The molecule has 0 bridgehead atoms. The molecule has 2 atom stereocenters. The third kappa shape index (κ3) is 3.46. The predicted molar refractivity (Wildman–Crippen MR) is 75.9 cm³/mol. The minimum Gasteiger partial charge on any atom is -0.334 e. The highest BCUT2D eigenvalue weighted by Crippen LogP contribution is 2.24. The van der Waals surface area contributed by atoms with Crippen LogP contribution >= 0.6 is 12.4 Å². The van der Waals surface area contributed by atoms with E-state index in [0.717, 1.165) is 25.0 Å². The number of carbonyl (C=O) groups is 1. The van der Waals surface area contributed by atoms with Gasteiger partial charge in [0, 0.05) is 25.2 Å². The van der Waals surface area contributed by atoms with Crippen LogP contribution in [-0.4, -0.2) is 29.9 Å². The number of nitrogens with two attached hydrogens (primary N) is 1. The highest BCUT2D eigenvalue weighted by Gasteiger charge is 2.30. The van der Waals surface area contributed by atoms with Crippen molar-refractivity contribution in [1.82, 2.24) is 4.90 Å². The molecule has 2 N–H and O–H groups in total. The van der Waals surface area contributed by atoms with Crippen molar-refractivity contribution in [2.24, 2.45) is 11.7 Å². The summed E-state index contributed by atoms with van der Waals surface area (Å²) in [6.07, 6.45) is 1.70. The highest BCUT2D eigenvalue weighted by molar-refractivity contribution is 5.94. The molecule has 2 unspecified atom stereocenters. The van der Waals surface area contributed by atoms with Gasteiger partial charge in [0.1, 0.15) is 11.6 Å². The zero-order valence-corrected chi connectivity index (χ0v) is 12.1. The van der Waals surface area contributed by atoms with Crippen LogP contribution in [0.5, 0.6) is 0 Å². The van der Waals surface area contributed by atoms with E-state index in [9.17, 15) is 13.6 Å². The number of nitrogens with zero attached hydrogens (tertiary/aromatic N) is 1. The van der Waals surface area contributed by atoms with Crippen molar-refractivity contribution in [3.05, 3.63) is 35.4 Å². The van der Waals surface area contributed by atoms with Gasteiger partial charge < -0.3 is 10.6 Å². The second-order valence-corrected chi connectivity index (χ2v) is 5.14. The van der Waals surface area contributed by atoms with Gasteiger partial charge in [-0.3, -0.25) is 4.79 Å². The zero-order valence-electron chi connectivity index (χ0n) is 11.3. The van der Waals surface area contributed by atoms with Gasteiger partial charge in [-0.25, -0.2) is 8.78 Å². The van der Waals surface area contributed by atoms with Crippen molar-refractivity contribution in [1.29, 1.82) is 0 Å². The molecule has 0 aromatic heterocycles. The molecule has 1 aliphatic heterocycles. The van der Waals surface area contributed by atoms with E-state index in [1.807, 2.05) is 0 Å². The van der Waals surface area contributed by atoms with Gasteiger partial charge in [-0.1, -0.05) is 6.92 Å². The molecular weight excluding hydrogens is 286 g/mol. The van der Waals surface area contributed by atoms with E-state index in [1.54, 1.807) is 4.90 Å². The fourth-order valence-corrected chi connectivity index (χ4v) is 2.56. The Kier molecular flexibility index (Phi) is 5.89. The summed E-state index contributed by atoms with van der Waals surface area (Å²) in [6.45, 7) is 3.04. The van der Waals surface area contributed by atoms with Gasteiger partial charge in [0.05, 0.1) is 5.56 Å². The van der Waals surface area contributed by atoms with E-state index in [2.05, 4.69) is 6.92 Å². The maximum absolute atomic E-state index is 13.6. The first-order valence-electron chi connectivity index (χ1n) is 6.49. The third-order valence-corrected chi connectivity index (χ3v) is 3.67. The second kappa shape index (κ2) is 6.99. The van der Waals surface area contributed by atoms with Crippen LogP contribution in [0.1, 0.15) is 30.1 Å². The van der Waals surface area contributed by atoms with E-state index >= 15 is 0 Å². The molecule has 1 fully saturated rings. The van der Waals surface area contributed by atoms with Crippen molar-refractivity contribution in [3.63, 3.8) is 0 Å². The Bertz CT molecular complexity index is 484. The smallest absolute Gasteiger partial charge is 0.257 e. The first-order chi connectivity index (χ1) is 9.02. The maximum atomic E-state index is 13.6. The summed E-state index contributed by atoms with van der Waals surface area (Å²) in [5, 5.41) is 0. The quantitative estimate of drug-likeness (QED) is 0.913. The summed E-state index contributed by atoms with van der Waals surface area (Å²) < 4.78 is 26.5. The molecule has 1 heterocycles. The van der Waals surface area contributed by atoms with E-state index in [0.29, 0.717) is 19.0 Å². The monoisotopic (exact) mass is 304 g/mol. The Labute approximate surface area is 123 Å². The minimum absolute atomic E-state index is 0. The first kappa shape index (κ1) is 16.9. The van der Waals surface area contributed by atoms with Crippen LogP contribution in [0, 0.1) is 17.6 Å². The minimum atomic E-state index is -0.820. The van der Waals surface area contributed by atoms with Crippen molar-refractivity contribution >= 4 is 18.3 Å². The highest BCUT2D eigenvalue weighted by atomic mass is 35.5. The maximum Gasteiger partial charge on any atom is 0.257 e. The van der Waals surface area contributed by atoms with Crippen LogP contribution in [0.2, 0.25) is 0 Å². The fourth-order valence-electron chi connectivity index (χ4n) is 2.56. The van der Waals surface area contributed by atoms with Gasteiger partial charge in [0.25, 0.3) is 5.91 Å².